The van der Waals surface area contributed by atoms with Crippen molar-refractivity contribution in [3.63, 3.8) is 0 Å². The molecule has 0 unspecified atom stereocenters. The van der Waals surface area contributed by atoms with E-state index in [4.69, 9.17) is 9.84 Å². The minimum absolute atomic E-state index is 0.0386. The molecule has 8 nitrogen and oxygen atoms in total. The molecular formula is C28H30F4N4O4. The van der Waals surface area contributed by atoms with Crippen molar-refractivity contribution < 1.29 is 37.3 Å². The average molecular weight is 563 g/mol. The Kier molecular flexibility index (Phi) is 7.34. The largest absolute Gasteiger partial charge is 0.492 e. The molecule has 3 N–H and O–H groups in total. The summed E-state index contributed by atoms with van der Waals surface area (Å²) in [6, 6.07) is 4.53. The molecule has 0 bridgehead atoms. The Morgan fingerprint density at radius 1 is 1.27 bits per heavy atom. The Balaban J connectivity index is 1.56. The fourth-order valence-corrected chi connectivity index (χ4v) is 5.55. The number of nitrogens with one attached hydrogen (secondary N) is 1. The number of aliphatic hydroxyl groups excluding tert-OH is 1. The van der Waals surface area contributed by atoms with Gasteiger partial charge in [0.05, 0.1) is 29.3 Å². The van der Waals surface area contributed by atoms with Gasteiger partial charge in [0, 0.05) is 41.6 Å². The van der Waals surface area contributed by atoms with Crippen LogP contribution in [0.1, 0.15) is 53.9 Å². The first-order valence-corrected chi connectivity index (χ1v) is 13.1. The molecule has 1 saturated heterocycles. The van der Waals surface area contributed by atoms with Crippen LogP contribution in [-0.4, -0.2) is 64.0 Å². The number of halogens is 4. The van der Waals surface area contributed by atoms with Crippen LogP contribution in [0.2, 0.25) is 0 Å². The number of hydrogen-bond acceptors (Lipinski definition) is 7. The Morgan fingerprint density at radius 2 is 2.00 bits per heavy atom. The standard InChI is InChI=1S/C28H30F4N4O4/c1-15(17-4-3-5-20(23(17)30)28(31,32)14-37)33-26-19-12-21(27(39)7-9-36(10-8-27)22(38)13-29)25-18(6-11-40-25)24(19)34-16(2)35-26/h3-5,12,15,37,39H,6-11,13-14H2,1-2H3,(H,33,34,35)/t15-/m1/s1. The van der Waals surface area contributed by atoms with Crippen LogP contribution in [0.4, 0.5) is 23.4 Å². The van der Waals surface area contributed by atoms with E-state index < -0.39 is 48.1 Å². The van der Waals surface area contributed by atoms with Gasteiger partial charge in [-0.3, -0.25) is 4.79 Å². The fourth-order valence-electron chi connectivity index (χ4n) is 5.55. The molecular weight excluding hydrogens is 532 g/mol. The molecule has 214 valence electrons. The van der Waals surface area contributed by atoms with E-state index in [1.54, 1.807) is 19.9 Å². The number of nitrogens with zero attached hydrogens (tertiary/aromatic N) is 3. The number of aliphatic hydroxyl groups is 2. The zero-order chi connectivity index (χ0) is 28.8. The minimum atomic E-state index is -3.74. The summed E-state index contributed by atoms with van der Waals surface area (Å²) in [6.07, 6.45) is 0.868. The van der Waals surface area contributed by atoms with Gasteiger partial charge < -0.3 is 25.2 Å². The summed E-state index contributed by atoms with van der Waals surface area (Å²) in [5.41, 5.74) is -0.433. The molecule has 12 heteroatoms. The van der Waals surface area contributed by atoms with Crippen LogP contribution >= 0.6 is 0 Å². The molecule has 1 amide bonds. The number of likely N-dealkylation sites (tertiary alicyclic amines) is 1. The third-order valence-electron chi connectivity index (χ3n) is 7.75. The first-order chi connectivity index (χ1) is 19.0. The van der Waals surface area contributed by atoms with Crippen LogP contribution in [0.5, 0.6) is 5.75 Å². The van der Waals surface area contributed by atoms with Crippen LogP contribution in [0, 0.1) is 12.7 Å². The topological polar surface area (TPSA) is 108 Å². The van der Waals surface area contributed by atoms with E-state index in [2.05, 4.69) is 15.3 Å². The maximum atomic E-state index is 15.2. The number of alkyl halides is 3. The molecule has 2 aliphatic heterocycles. The van der Waals surface area contributed by atoms with Crippen LogP contribution < -0.4 is 10.1 Å². The Morgan fingerprint density at radius 3 is 2.67 bits per heavy atom. The molecule has 3 heterocycles. The Hall–Kier alpha value is -3.51. The van der Waals surface area contributed by atoms with Crippen LogP contribution in [0.3, 0.4) is 0 Å². The van der Waals surface area contributed by atoms with E-state index >= 15 is 4.39 Å². The zero-order valence-corrected chi connectivity index (χ0v) is 22.1. The number of benzene rings is 2. The first-order valence-electron chi connectivity index (χ1n) is 13.1. The van der Waals surface area contributed by atoms with Crippen molar-refractivity contribution in [1.82, 2.24) is 14.9 Å². The average Bonchev–Trinajstić information content (AvgIpc) is 3.43. The lowest BCUT2D eigenvalue weighted by Crippen LogP contribution is -2.45. The van der Waals surface area contributed by atoms with E-state index in [0.717, 1.165) is 11.6 Å². The highest BCUT2D eigenvalue weighted by Gasteiger charge is 2.40. The molecule has 5 rings (SSSR count). The van der Waals surface area contributed by atoms with Crippen molar-refractivity contribution in [2.45, 2.75) is 50.7 Å². The van der Waals surface area contributed by atoms with E-state index in [9.17, 15) is 23.1 Å². The number of fused-ring (bicyclic) bond motifs is 3. The van der Waals surface area contributed by atoms with Gasteiger partial charge in [0.15, 0.2) is 6.67 Å². The van der Waals surface area contributed by atoms with Gasteiger partial charge in [-0.15, -0.1) is 0 Å². The molecule has 0 saturated carbocycles. The van der Waals surface area contributed by atoms with Crippen LogP contribution in [0.15, 0.2) is 24.3 Å². The molecule has 3 aromatic rings. The molecule has 0 radical (unpaired) electrons. The van der Waals surface area contributed by atoms with Gasteiger partial charge in [0.25, 0.3) is 11.8 Å². The predicted octanol–water partition coefficient (Wildman–Crippen LogP) is 4.05. The van der Waals surface area contributed by atoms with E-state index in [1.165, 1.54) is 17.0 Å². The van der Waals surface area contributed by atoms with Crippen molar-refractivity contribution in [1.29, 1.82) is 0 Å². The lowest BCUT2D eigenvalue weighted by Gasteiger charge is -2.39. The number of piperidine rings is 1. The number of hydrogen-bond donors (Lipinski definition) is 3. The quantitative estimate of drug-likeness (QED) is 0.373. The lowest BCUT2D eigenvalue weighted by atomic mass is 9.82. The zero-order valence-electron chi connectivity index (χ0n) is 22.1. The summed E-state index contributed by atoms with van der Waals surface area (Å²) in [6.45, 7) is 1.40. The normalized spacial score (nSPS) is 17.4. The Labute approximate surface area is 228 Å². The number of ether oxygens (including phenoxy) is 1. The maximum Gasteiger partial charge on any atom is 0.298 e. The summed E-state index contributed by atoms with van der Waals surface area (Å²) >= 11 is 0. The molecule has 0 spiro atoms. The second-order valence-corrected chi connectivity index (χ2v) is 10.3. The fraction of sp³-hybridized carbons (Fsp3) is 0.464. The molecule has 1 atom stereocenters. The molecule has 0 aliphatic carbocycles. The number of aromatic nitrogens is 2. The van der Waals surface area contributed by atoms with Crippen molar-refractivity contribution in [2.75, 3.05) is 38.3 Å². The Bertz CT molecular complexity index is 1460. The van der Waals surface area contributed by atoms with Gasteiger partial charge in [0.1, 0.15) is 29.8 Å². The molecule has 2 aromatic carbocycles. The molecule has 2 aliphatic rings. The SMILES string of the molecule is Cc1nc(N[C@H](C)c2cccc(C(F)(F)CO)c2F)c2cc(C3(O)CCN(C(=O)CF)CC3)c3c(c2n1)CCO3. The summed E-state index contributed by atoms with van der Waals surface area (Å²) in [5.74, 6) is -4.25. The van der Waals surface area contributed by atoms with Gasteiger partial charge in [-0.05, 0) is 38.8 Å². The van der Waals surface area contributed by atoms with E-state index in [1.807, 2.05) is 0 Å². The summed E-state index contributed by atoms with van der Waals surface area (Å²) in [5, 5.41) is 24.4. The summed E-state index contributed by atoms with van der Waals surface area (Å²) in [4.78, 5) is 22.3. The third kappa shape index (κ3) is 4.83. The highest BCUT2D eigenvalue weighted by Crippen LogP contribution is 2.46. The number of carbonyl (C=O) groups excluding carboxylic acids is 1. The van der Waals surface area contributed by atoms with Gasteiger partial charge >= 0.3 is 0 Å². The maximum absolute atomic E-state index is 15.2. The van der Waals surface area contributed by atoms with E-state index in [-0.39, 0.29) is 31.5 Å². The van der Waals surface area contributed by atoms with E-state index in [0.29, 0.717) is 46.9 Å². The predicted molar refractivity (Wildman–Crippen MR) is 139 cm³/mol. The number of anilines is 1. The molecule has 40 heavy (non-hydrogen) atoms. The van der Waals surface area contributed by atoms with Crippen molar-refractivity contribution in [3.05, 3.63) is 58.2 Å². The molecule has 1 aromatic heterocycles. The number of carbonyl (C=O) groups is 1. The third-order valence-corrected chi connectivity index (χ3v) is 7.75. The lowest BCUT2D eigenvalue weighted by molar-refractivity contribution is -0.136. The monoisotopic (exact) mass is 562 g/mol. The highest BCUT2D eigenvalue weighted by atomic mass is 19.3. The smallest absolute Gasteiger partial charge is 0.298 e. The minimum Gasteiger partial charge on any atom is -0.492 e. The number of amides is 1. The highest BCUT2D eigenvalue weighted by molar-refractivity contribution is 5.94. The van der Waals surface area contributed by atoms with Crippen molar-refractivity contribution >= 4 is 22.6 Å². The number of rotatable bonds is 7. The summed E-state index contributed by atoms with van der Waals surface area (Å²) in [7, 11) is 0. The first kappa shape index (κ1) is 28.0. The van der Waals surface area contributed by atoms with Crippen molar-refractivity contribution in [3.8, 4) is 5.75 Å². The van der Waals surface area contributed by atoms with Gasteiger partial charge in [-0.2, -0.15) is 8.78 Å². The van der Waals surface area contributed by atoms with Gasteiger partial charge in [-0.1, -0.05) is 12.1 Å². The summed E-state index contributed by atoms with van der Waals surface area (Å²) < 4.78 is 62.3. The molecule has 1 fully saturated rings. The second-order valence-electron chi connectivity index (χ2n) is 10.3. The van der Waals surface area contributed by atoms with Crippen LogP contribution in [0.25, 0.3) is 10.9 Å². The van der Waals surface area contributed by atoms with Gasteiger partial charge in [-0.25, -0.2) is 18.7 Å². The van der Waals surface area contributed by atoms with Gasteiger partial charge in [0.2, 0.25) is 0 Å². The number of aryl methyl sites for hydroxylation is 1. The van der Waals surface area contributed by atoms with Crippen molar-refractivity contribution in [2.24, 2.45) is 0 Å². The second kappa shape index (κ2) is 10.5. The van der Waals surface area contributed by atoms with Crippen LogP contribution in [-0.2, 0) is 22.7 Å².